The summed E-state index contributed by atoms with van der Waals surface area (Å²) in [7, 11) is 0. The van der Waals surface area contributed by atoms with Gasteiger partial charge in [-0.15, -0.1) is 0 Å². The molecule has 1 aromatic carbocycles. The summed E-state index contributed by atoms with van der Waals surface area (Å²) < 4.78 is 1.71. The first-order chi connectivity index (χ1) is 13.0. The highest BCUT2D eigenvalue weighted by Crippen LogP contribution is 2.26. The van der Waals surface area contributed by atoms with Crippen molar-refractivity contribution in [2.45, 2.75) is 25.8 Å². The zero-order valence-electron chi connectivity index (χ0n) is 15.0. The predicted molar refractivity (Wildman–Crippen MR) is 99.8 cm³/mol. The largest absolute Gasteiger partial charge is 0.478 e. The van der Waals surface area contributed by atoms with Gasteiger partial charge in [-0.05, 0) is 31.9 Å². The minimum absolute atomic E-state index is 0.0156. The third-order valence-electron chi connectivity index (χ3n) is 5.05. The van der Waals surface area contributed by atoms with Crippen molar-refractivity contribution in [1.29, 1.82) is 0 Å². The van der Waals surface area contributed by atoms with Gasteiger partial charge in [0.2, 0.25) is 0 Å². The van der Waals surface area contributed by atoms with Crippen LogP contribution in [0.3, 0.4) is 0 Å². The maximum Gasteiger partial charge on any atom is 0.338 e. The molecule has 1 aliphatic rings. The Kier molecular flexibility index (Phi) is 4.35. The lowest BCUT2D eigenvalue weighted by Crippen LogP contribution is -2.39. The number of carbonyl (C=O) groups is 2. The Bertz CT molecular complexity index is 1020. The van der Waals surface area contributed by atoms with Crippen molar-refractivity contribution in [3.05, 3.63) is 59.5 Å². The Labute approximate surface area is 156 Å². The summed E-state index contributed by atoms with van der Waals surface area (Å²) in [5, 5.41) is 14.1. The summed E-state index contributed by atoms with van der Waals surface area (Å²) in [6, 6.07) is 9.65. The van der Waals surface area contributed by atoms with Crippen molar-refractivity contribution >= 4 is 22.8 Å². The number of amides is 1. The van der Waals surface area contributed by atoms with Crippen molar-refractivity contribution in [2.75, 3.05) is 13.1 Å². The number of nitrogens with zero attached hydrogens (tertiary/aromatic N) is 4. The van der Waals surface area contributed by atoms with Crippen molar-refractivity contribution < 1.29 is 14.7 Å². The van der Waals surface area contributed by atoms with E-state index in [2.05, 4.69) is 10.1 Å². The van der Waals surface area contributed by atoms with E-state index in [9.17, 15) is 9.59 Å². The number of aryl methyl sites for hydroxylation is 1. The van der Waals surface area contributed by atoms with Crippen LogP contribution < -0.4 is 0 Å². The van der Waals surface area contributed by atoms with Crippen LogP contribution in [0.25, 0.3) is 10.9 Å². The standard InChI is InChI=1S/C20H20N4O3/c1-13-10-17(16-4-2-3-5-18(16)22-13)19(25)23-8-6-15(7-9-23)24-12-14(11-21-24)20(26)27/h2-5,10-12,15H,6-9H2,1H3,(H,26,27). The minimum atomic E-state index is -0.978. The molecule has 0 aliphatic carbocycles. The molecule has 7 heteroatoms. The van der Waals surface area contributed by atoms with Gasteiger partial charge >= 0.3 is 5.97 Å². The van der Waals surface area contributed by atoms with E-state index < -0.39 is 5.97 Å². The summed E-state index contributed by atoms with van der Waals surface area (Å²) >= 11 is 0. The van der Waals surface area contributed by atoms with E-state index in [1.807, 2.05) is 42.2 Å². The van der Waals surface area contributed by atoms with Crippen LogP contribution in [0.4, 0.5) is 0 Å². The molecule has 1 fully saturated rings. The van der Waals surface area contributed by atoms with Gasteiger partial charge in [0.25, 0.3) is 5.91 Å². The van der Waals surface area contributed by atoms with E-state index in [0.717, 1.165) is 29.4 Å². The van der Waals surface area contributed by atoms with Gasteiger partial charge in [-0.2, -0.15) is 5.10 Å². The molecule has 0 bridgehead atoms. The van der Waals surface area contributed by atoms with E-state index in [0.29, 0.717) is 18.7 Å². The first-order valence-electron chi connectivity index (χ1n) is 8.96. The second kappa shape index (κ2) is 6.83. The lowest BCUT2D eigenvalue weighted by Gasteiger charge is -2.32. The number of para-hydroxylation sites is 1. The minimum Gasteiger partial charge on any atom is -0.478 e. The molecule has 0 atom stereocenters. The lowest BCUT2D eigenvalue weighted by atomic mass is 10.0. The quantitative estimate of drug-likeness (QED) is 0.772. The van der Waals surface area contributed by atoms with E-state index in [-0.39, 0.29) is 17.5 Å². The summed E-state index contributed by atoms with van der Waals surface area (Å²) in [5.41, 5.74) is 2.52. The van der Waals surface area contributed by atoms with Crippen molar-refractivity contribution in [2.24, 2.45) is 0 Å². The molecule has 27 heavy (non-hydrogen) atoms. The Morgan fingerprint density at radius 3 is 2.63 bits per heavy atom. The summed E-state index contributed by atoms with van der Waals surface area (Å²) in [6.07, 6.45) is 4.42. The van der Waals surface area contributed by atoms with E-state index in [1.54, 1.807) is 10.9 Å². The zero-order valence-corrected chi connectivity index (χ0v) is 15.0. The Morgan fingerprint density at radius 2 is 1.93 bits per heavy atom. The molecule has 1 saturated heterocycles. The molecule has 3 heterocycles. The number of fused-ring (bicyclic) bond motifs is 1. The summed E-state index contributed by atoms with van der Waals surface area (Å²) in [5.74, 6) is -0.962. The lowest BCUT2D eigenvalue weighted by molar-refractivity contribution is 0.0689. The van der Waals surface area contributed by atoms with Gasteiger partial charge in [-0.3, -0.25) is 14.5 Å². The predicted octanol–water partition coefficient (Wildman–Crippen LogP) is 2.92. The number of aromatic nitrogens is 3. The van der Waals surface area contributed by atoms with Crippen LogP contribution in [0.15, 0.2) is 42.7 Å². The van der Waals surface area contributed by atoms with Crippen LogP contribution in [0.1, 0.15) is 45.3 Å². The monoisotopic (exact) mass is 364 g/mol. The molecular formula is C20H20N4O3. The van der Waals surface area contributed by atoms with Crippen molar-refractivity contribution in [3.8, 4) is 0 Å². The number of likely N-dealkylation sites (tertiary alicyclic amines) is 1. The number of piperidine rings is 1. The first-order valence-corrected chi connectivity index (χ1v) is 8.96. The molecule has 1 aliphatic heterocycles. The average molecular weight is 364 g/mol. The molecule has 7 nitrogen and oxygen atoms in total. The number of hydrogen-bond acceptors (Lipinski definition) is 4. The Hall–Kier alpha value is -3.22. The smallest absolute Gasteiger partial charge is 0.338 e. The number of carboxylic acids is 1. The summed E-state index contributed by atoms with van der Waals surface area (Å²) in [4.78, 5) is 30.5. The second-order valence-electron chi connectivity index (χ2n) is 6.87. The highest BCUT2D eigenvalue weighted by molar-refractivity contribution is 6.06. The molecule has 0 saturated carbocycles. The number of pyridine rings is 1. The molecule has 1 N–H and O–H groups in total. The Balaban J connectivity index is 1.51. The van der Waals surface area contributed by atoms with Crippen LogP contribution >= 0.6 is 0 Å². The molecule has 4 rings (SSSR count). The molecular weight excluding hydrogens is 344 g/mol. The highest BCUT2D eigenvalue weighted by atomic mass is 16.4. The van der Waals surface area contributed by atoms with Crippen molar-refractivity contribution in [3.63, 3.8) is 0 Å². The van der Waals surface area contributed by atoms with Gasteiger partial charge in [0.05, 0.1) is 28.9 Å². The average Bonchev–Trinajstić information content (AvgIpc) is 3.17. The number of carboxylic acid groups (broad SMARTS) is 1. The van der Waals surface area contributed by atoms with Crippen LogP contribution in [-0.4, -0.2) is 49.7 Å². The molecule has 3 aromatic rings. The van der Waals surface area contributed by atoms with Gasteiger partial charge in [0.15, 0.2) is 0 Å². The number of aromatic carboxylic acids is 1. The zero-order chi connectivity index (χ0) is 19.0. The van der Waals surface area contributed by atoms with Gasteiger partial charge < -0.3 is 10.0 Å². The van der Waals surface area contributed by atoms with Crippen LogP contribution in [0.5, 0.6) is 0 Å². The first kappa shape index (κ1) is 17.2. The normalized spacial score (nSPS) is 15.2. The van der Waals surface area contributed by atoms with E-state index in [4.69, 9.17) is 5.11 Å². The maximum atomic E-state index is 13.1. The molecule has 0 radical (unpaired) electrons. The van der Waals surface area contributed by atoms with Gasteiger partial charge in [-0.1, -0.05) is 18.2 Å². The fraction of sp³-hybridized carbons (Fsp3) is 0.300. The number of rotatable bonds is 3. The third-order valence-corrected chi connectivity index (χ3v) is 5.05. The van der Waals surface area contributed by atoms with Crippen LogP contribution in [-0.2, 0) is 0 Å². The number of carbonyl (C=O) groups excluding carboxylic acids is 1. The second-order valence-corrected chi connectivity index (χ2v) is 6.87. The number of hydrogen-bond donors (Lipinski definition) is 1. The SMILES string of the molecule is Cc1cc(C(=O)N2CCC(n3cc(C(=O)O)cn3)CC2)c2ccccc2n1. The summed E-state index contributed by atoms with van der Waals surface area (Å²) in [6.45, 7) is 3.12. The molecule has 0 spiro atoms. The van der Waals surface area contributed by atoms with E-state index in [1.165, 1.54) is 6.20 Å². The molecule has 1 amide bonds. The van der Waals surface area contributed by atoms with Crippen LogP contribution in [0, 0.1) is 6.92 Å². The highest BCUT2D eigenvalue weighted by Gasteiger charge is 2.26. The Morgan fingerprint density at radius 1 is 1.19 bits per heavy atom. The van der Waals surface area contributed by atoms with Crippen LogP contribution in [0.2, 0.25) is 0 Å². The molecule has 138 valence electrons. The maximum absolute atomic E-state index is 13.1. The fourth-order valence-electron chi connectivity index (χ4n) is 3.64. The van der Waals surface area contributed by atoms with Crippen molar-refractivity contribution in [1.82, 2.24) is 19.7 Å². The van der Waals surface area contributed by atoms with Gasteiger partial charge in [0, 0.05) is 30.4 Å². The number of benzene rings is 1. The molecule has 2 aromatic heterocycles. The van der Waals surface area contributed by atoms with Gasteiger partial charge in [-0.25, -0.2) is 4.79 Å². The fourth-order valence-corrected chi connectivity index (χ4v) is 3.64. The third kappa shape index (κ3) is 3.28. The topological polar surface area (TPSA) is 88.3 Å². The molecule has 0 unspecified atom stereocenters. The van der Waals surface area contributed by atoms with Gasteiger partial charge in [0.1, 0.15) is 0 Å². The van der Waals surface area contributed by atoms with E-state index >= 15 is 0 Å².